The minimum absolute atomic E-state index is 0.132. The van der Waals surface area contributed by atoms with Gasteiger partial charge in [0.15, 0.2) is 0 Å². The van der Waals surface area contributed by atoms with Gasteiger partial charge in [0.25, 0.3) is 0 Å². The zero-order valence-corrected chi connectivity index (χ0v) is 36.9. The third-order valence-corrected chi connectivity index (χ3v) is 11.1. The lowest BCUT2D eigenvalue weighted by molar-refractivity contribution is 0.473. The van der Waals surface area contributed by atoms with Crippen molar-refractivity contribution >= 4 is 38.3 Å². The number of hydrogen-bond donors (Lipinski definition) is 0. The van der Waals surface area contributed by atoms with Crippen molar-refractivity contribution in [1.29, 1.82) is 0 Å². The zero-order chi connectivity index (χ0) is 38.9. The van der Waals surface area contributed by atoms with Crippen LogP contribution in [0.15, 0.2) is 56.9 Å². The minimum atomic E-state index is -1.97. The molecule has 0 spiro atoms. The Kier molecular flexibility index (Phi) is 10.7. The summed E-state index contributed by atoms with van der Waals surface area (Å²) in [4.78, 5) is 0. The third-order valence-electron chi connectivity index (χ3n) is 9.52. The van der Waals surface area contributed by atoms with Gasteiger partial charge in [-0.2, -0.15) is 0 Å². The molecule has 0 amide bonds. The molecular weight excluding hydrogens is 678 g/mol. The van der Waals surface area contributed by atoms with Crippen LogP contribution in [-0.2, 0) is 21.7 Å². The molecule has 52 heavy (non-hydrogen) atoms. The molecule has 1 aromatic heterocycles. The number of aryl methyl sites for hydroxylation is 4. The predicted octanol–water partition coefficient (Wildman–Crippen LogP) is 15.3. The van der Waals surface area contributed by atoms with Crippen LogP contribution in [0.1, 0.15) is 128 Å². The SMILES string of the molecule is Cc1cc(-c2cc(C)cc(C(C)(C)C)c2Op2oc3c(C(C)(C)C)cc(C)cc3c3cc(C)cc(C(C)(C)C)c3o2)c(OP(C)C)c(C(C)(C)C)c1. The maximum absolute atomic E-state index is 7.34. The second-order valence-electron chi connectivity index (χ2n) is 19.2. The molecule has 280 valence electrons. The van der Waals surface area contributed by atoms with Gasteiger partial charge in [-0.1, -0.05) is 107 Å². The van der Waals surface area contributed by atoms with Crippen LogP contribution in [0.5, 0.6) is 11.5 Å². The summed E-state index contributed by atoms with van der Waals surface area (Å²) < 4.78 is 28.4. The second kappa shape index (κ2) is 13.9. The van der Waals surface area contributed by atoms with Crippen molar-refractivity contribution < 1.29 is 17.4 Å². The molecule has 0 fully saturated rings. The smallest absolute Gasteiger partial charge is 0.453 e. The Morgan fingerprint density at radius 1 is 0.462 bits per heavy atom. The summed E-state index contributed by atoms with van der Waals surface area (Å²) >= 11 is 0. The van der Waals surface area contributed by atoms with E-state index in [0.29, 0.717) is 0 Å². The summed E-state index contributed by atoms with van der Waals surface area (Å²) in [6.45, 7) is 40.0. The summed E-state index contributed by atoms with van der Waals surface area (Å²) in [6.07, 6.45) is 0. The van der Waals surface area contributed by atoms with E-state index in [2.05, 4.69) is 173 Å². The first kappa shape index (κ1) is 40.0. The van der Waals surface area contributed by atoms with Crippen LogP contribution in [0.3, 0.4) is 0 Å². The van der Waals surface area contributed by atoms with E-state index in [-0.39, 0.29) is 21.7 Å². The van der Waals surface area contributed by atoms with Gasteiger partial charge < -0.3 is 17.4 Å². The molecule has 4 aromatic carbocycles. The molecule has 5 aromatic rings. The van der Waals surface area contributed by atoms with E-state index in [1.54, 1.807) is 0 Å². The quantitative estimate of drug-likeness (QED) is 0.168. The molecule has 5 rings (SSSR count). The standard InChI is InChI=1S/C46H62O4P2/c1-27-19-31(39(47-51(17)18)35(23-27)43(5,6)7)32-20-28(2)24-36(44(8,9)10)40(32)48-52-49-41-33(21-29(3)25-37(41)45(11,12)13)34-22-30(4)26-38(42(34)50-52)46(14,15)16/h19-26H,1-18H3. The fourth-order valence-electron chi connectivity index (χ4n) is 6.98. The van der Waals surface area contributed by atoms with Gasteiger partial charge in [0.1, 0.15) is 22.7 Å². The molecule has 0 aliphatic carbocycles. The Balaban J connectivity index is 2.00. The van der Waals surface area contributed by atoms with Gasteiger partial charge in [-0.15, -0.1) is 0 Å². The van der Waals surface area contributed by atoms with Crippen molar-refractivity contribution in [2.75, 3.05) is 13.3 Å². The lowest BCUT2D eigenvalue weighted by Gasteiger charge is -2.29. The van der Waals surface area contributed by atoms with E-state index in [4.69, 9.17) is 17.4 Å². The topological polar surface area (TPSA) is 44.7 Å². The first-order chi connectivity index (χ1) is 23.8. The molecule has 0 N–H and O–H groups in total. The average Bonchev–Trinajstić information content (AvgIpc) is 3.11. The van der Waals surface area contributed by atoms with Gasteiger partial charge in [-0.25, -0.2) is 0 Å². The van der Waals surface area contributed by atoms with Crippen LogP contribution in [0.2, 0.25) is 0 Å². The Morgan fingerprint density at radius 3 is 1.15 bits per heavy atom. The highest BCUT2D eigenvalue weighted by Gasteiger charge is 2.31. The largest absolute Gasteiger partial charge is 0.474 e. The van der Waals surface area contributed by atoms with Crippen LogP contribution in [0.25, 0.3) is 33.1 Å². The van der Waals surface area contributed by atoms with Gasteiger partial charge >= 0.3 is 8.24 Å². The first-order valence-corrected chi connectivity index (χ1v) is 21.8. The van der Waals surface area contributed by atoms with Crippen LogP contribution >= 0.6 is 16.4 Å². The zero-order valence-electron chi connectivity index (χ0n) is 35.1. The third kappa shape index (κ3) is 8.30. The molecule has 1 heterocycles. The van der Waals surface area contributed by atoms with Crippen LogP contribution < -0.4 is 9.05 Å². The molecule has 0 atom stereocenters. The van der Waals surface area contributed by atoms with Crippen molar-refractivity contribution in [3.05, 3.63) is 93.0 Å². The summed E-state index contributed by atoms with van der Waals surface area (Å²) in [5.41, 5.74) is 12.2. The van der Waals surface area contributed by atoms with Gasteiger partial charge in [0.2, 0.25) is 0 Å². The number of fused-ring (bicyclic) bond motifs is 3. The van der Waals surface area contributed by atoms with E-state index in [1.807, 2.05) is 0 Å². The van der Waals surface area contributed by atoms with Gasteiger partial charge in [0, 0.05) is 44.2 Å². The minimum Gasteiger partial charge on any atom is -0.474 e. The van der Waals surface area contributed by atoms with Gasteiger partial charge in [-0.3, -0.25) is 0 Å². The van der Waals surface area contributed by atoms with Crippen molar-refractivity contribution in [1.82, 2.24) is 0 Å². The maximum atomic E-state index is 7.34. The van der Waals surface area contributed by atoms with Crippen LogP contribution in [0, 0.1) is 27.7 Å². The first-order valence-electron chi connectivity index (χ1n) is 18.6. The van der Waals surface area contributed by atoms with E-state index in [1.165, 1.54) is 22.3 Å². The Labute approximate surface area is 316 Å². The highest BCUT2D eigenvalue weighted by Crippen LogP contribution is 2.52. The average molecular weight is 741 g/mol. The van der Waals surface area contributed by atoms with Crippen molar-refractivity contribution in [3.63, 3.8) is 0 Å². The van der Waals surface area contributed by atoms with Crippen LogP contribution in [0.4, 0.5) is 0 Å². The maximum Gasteiger partial charge on any atom is 0.453 e. The van der Waals surface area contributed by atoms with Crippen molar-refractivity contribution in [2.45, 2.75) is 132 Å². The molecule has 0 radical (unpaired) electrons. The molecule has 0 saturated heterocycles. The van der Waals surface area contributed by atoms with E-state index < -0.39 is 16.4 Å². The second-order valence-corrected chi connectivity index (χ2v) is 22.0. The molecule has 0 saturated carbocycles. The fourth-order valence-corrected chi connectivity index (χ4v) is 8.69. The highest BCUT2D eigenvalue weighted by atomic mass is 31.1. The highest BCUT2D eigenvalue weighted by molar-refractivity contribution is 7.51. The Hall–Kier alpha value is -3.19. The lowest BCUT2D eigenvalue weighted by Crippen LogP contribution is -2.15. The van der Waals surface area contributed by atoms with Gasteiger partial charge in [0.05, 0.1) is 8.15 Å². The Bertz CT molecular complexity index is 2110. The van der Waals surface area contributed by atoms with E-state index in [0.717, 1.165) is 66.8 Å². The number of benzene rings is 4. The summed E-state index contributed by atoms with van der Waals surface area (Å²) in [5, 5.41) is 2.10. The molecule has 4 nitrogen and oxygen atoms in total. The summed E-state index contributed by atoms with van der Waals surface area (Å²) in [6, 6.07) is 18.0. The van der Waals surface area contributed by atoms with E-state index in [9.17, 15) is 0 Å². The molecule has 0 unspecified atom stereocenters. The van der Waals surface area contributed by atoms with E-state index >= 15 is 0 Å². The summed E-state index contributed by atoms with van der Waals surface area (Å²) in [5.74, 6) is 1.70. The van der Waals surface area contributed by atoms with Crippen molar-refractivity contribution in [2.24, 2.45) is 0 Å². The monoisotopic (exact) mass is 740 g/mol. The summed E-state index contributed by atoms with van der Waals surface area (Å²) in [7, 11) is -2.68. The normalized spacial score (nSPS) is 13.0. The molecular formula is C46H62O4P2. The number of rotatable bonds is 5. The van der Waals surface area contributed by atoms with Crippen molar-refractivity contribution in [3.8, 4) is 22.6 Å². The molecule has 0 bridgehead atoms. The van der Waals surface area contributed by atoms with Gasteiger partial charge in [-0.05, 0) is 109 Å². The molecule has 6 heteroatoms. The lowest BCUT2D eigenvalue weighted by atomic mass is 9.80. The number of hydrogen-bond acceptors (Lipinski definition) is 4. The Morgan fingerprint density at radius 2 is 0.788 bits per heavy atom. The molecule has 0 aliphatic heterocycles. The fraction of sp³-hybridized carbons (Fsp3) is 0.478. The van der Waals surface area contributed by atoms with Crippen LogP contribution in [-0.4, -0.2) is 13.3 Å². The predicted molar refractivity (Wildman–Crippen MR) is 227 cm³/mol. The molecule has 0 aliphatic rings.